The maximum atomic E-state index is 12.9. The minimum atomic E-state index is -3.57. The summed E-state index contributed by atoms with van der Waals surface area (Å²) in [6.45, 7) is 3.86. The van der Waals surface area contributed by atoms with Crippen LogP contribution in [-0.4, -0.2) is 72.5 Å². The van der Waals surface area contributed by atoms with E-state index in [0.29, 0.717) is 32.0 Å². The molecular formula is C19H25N7O2S. The molecule has 9 nitrogen and oxygen atoms in total. The molecular weight excluding hydrogens is 390 g/mol. The average Bonchev–Trinajstić information content (AvgIpc) is 3.06. The van der Waals surface area contributed by atoms with Crippen LogP contribution in [0.1, 0.15) is 5.82 Å². The van der Waals surface area contributed by atoms with Crippen LogP contribution < -0.4 is 9.80 Å². The van der Waals surface area contributed by atoms with E-state index in [1.165, 1.54) is 4.31 Å². The molecule has 1 aliphatic rings. The lowest BCUT2D eigenvalue weighted by atomic mass is 10.1. The fourth-order valence-electron chi connectivity index (χ4n) is 3.55. The minimum Gasteiger partial charge on any atom is -0.369 e. The van der Waals surface area contributed by atoms with Gasteiger partial charge in [-0.05, 0) is 25.1 Å². The minimum absolute atomic E-state index is 0.115. The average molecular weight is 416 g/mol. The summed E-state index contributed by atoms with van der Waals surface area (Å²) >= 11 is 0. The molecule has 154 valence electrons. The van der Waals surface area contributed by atoms with Crippen LogP contribution in [0.5, 0.6) is 0 Å². The molecule has 0 aliphatic carbocycles. The highest BCUT2D eigenvalue weighted by Gasteiger charge is 2.30. The lowest BCUT2D eigenvalue weighted by Gasteiger charge is -2.35. The smallest absolute Gasteiger partial charge is 0.262 e. The maximum Gasteiger partial charge on any atom is 0.262 e. The van der Waals surface area contributed by atoms with Crippen LogP contribution >= 0.6 is 0 Å². The van der Waals surface area contributed by atoms with Gasteiger partial charge in [-0.2, -0.15) is 4.31 Å². The van der Waals surface area contributed by atoms with Crippen LogP contribution in [0.2, 0.25) is 0 Å². The van der Waals surface area contributed by atoms with Crippen LogP contribution in [0.25, 0.3) is 10.9 Å². The first-order chi connectivity index (χ1) is 13.8. The number of hydrogen-bond donors (Lipinski definition) is 0. The Labute approximate surface area is 170 Å². The Morgan fingerprint density at radius 1 is 1.07 bits per heavy atom. The molecule has 0 amide bonds. The molecule has 10 heteroatoms. The molecule has 1 aromatic carbocycles. The third-order valence-electron chi connectivity index (χ3n) is 5.32. The zero-order valence-corrected chi connectivity index (χ0v) is 17.9. The molecule has 0 N–H and O–H groups in total. The van der Waals surface area contributed by atoms with Gasteiger partial charge in [0.15, 0.2) is 5.03 Å². The van der Waals surface area contributed by atoms with E-state index in [1.54, 1.807) is 31.1 Å². The molecule has 1 fully saturated rings. The zero-order chi connectivity index (χ0) is 20.8. The van der Waals surface area contributed by atoms with Gasteiger partial charge in [0.25, 0.3) is 10.0 Å². The van der Waals surface area contributed by atoms with Crippen molar-refractivity contribution in [3.63, 3.8) is 0 Å². The summed E-state index contributed by atoms with van der Waals surface area (Å²) < 4.78 is 29.0. The quantitative estimate of drug-likeness (QED) is 0.634. The second-order valence-electron chi connectivity index (χ2n) is 7.42. The summed E-state index contributed by atoms with van der Waals surface area (Å²) in [7, 11) is 2.13. The summed E-state index contributed by atoms with van der Waals surface area (Å²) in [6, 6.07) is 6.09. The Morgan fingerprint density at radius 2 is 1.79 bits per heavy atom. The van der Waals surface area contributed by atoms with E-state index in [0.717, 1.165) is 22.4 Å². The van der Waals surface area contributed by atoms with E-state index in [4.69, 9.17) is 0 Å². The van der Waals surface area contributed by atoms with E-state index in [-0.39, 0.29) is 5.03 Å². The number of anilines is 2. The summed E-state index contributed by atoms with van der Waals surface area (Å²) in [5.41, 5.74) is 1.93. The molecule has 1 aliphatic heterocycles. The zero-order valence-electron chi connectivity index (χ0n) is 17.1. The Balaban J connectivity index is 1.54. The maximum absolute atomic E-state index is 12.9. The molecule has 0 radical (unpaired) electrons. The molecule has 0 saturated carbocycles. The Hall–Kier alpha value is -2.72. The first-order valence-electron chi connectivity index (χ1n) is 9.44. The van der Waals surface area contributed by atoms with Crippen molar-refractivity contribution in [1.82, 2.24) is 23.8 Å². The number of rotatable bonds is 4. The number of aryl methyl sites for hydroxylation is 2. The van der Waals surface area contributed by atoms with Crippen LogP contribution in [-0.2, 0) is 17.1 Å². The van der Waals surface area contributed by atoms with Gasteiger partial charge in [0.1, 0.15) is 18.0 Å². The van der Waals surface area contributed by atoms with Crippen molar-refractivity contribution in [3.8, 4) is 0 Å². The molecule has 1 saturated heterocycles. The van der Waals surface area contributed by atoms with Crippen molar-refractivity contribution in [2.75, 3.05) is 50.1 Å². The number of imidazole rings is 1. The van der Waals surface area contributed by atoms with Gasteiger partial charge in [-0.3, -0.25) is 0 Å². The van der Waals surface area contributed by atoms with Crippen LogP contribution in [0.15, 0.2) is 35.7 Å². The number of benzene rings is 1. The summed E-state index contributed by atoms with van der Waals surface area (Å²) in [4.78, 5) is 17.1. The van der Waals surface area contributed by atoms with Crippen LogP contribution in [0, 0.1) is 6.92 Å². The topological polar surface area (TPSA) is 87.5 Å². The fourth-order valence-corrected chi connectivity index (χ4v) is 5.00. The van der Waals surface area contributed by atoms with Crippen molar-refractivity contribution in [1.29, 1.82) is 0 Å². The van der Waals surface area contributed by atoms with Crippen molar-refractivity contribution in [3.05, 3.63) is 36.5 Å². The van der Waals surface area contributed by atoms with E-state index in [1.807, 2.05) is 31.1 Å². The van der Waals surface area contributed by atoms with Gasteiger partial charge >= 0.3 is 0 Å². The largest absolute Gasteiger partial charge is 0.369 e. The molecule has 4 rings (SSSR count). The van der Waals surface area contributed by atoms with Gasteiger partial charge < -0.3 is 14.4 Å². The summed E-state index contributed by atoms with van der Waals surface area (Å²) in [5.74, 6) is 1.54. The van der Waals surface area contributed by atoms with E-state index in [9.17, 15) is 8.42 Å². The van der Waals surface area contributed by atoms with Crippen LogP contribution in [0.4, 0.5) is 11.5 Å². The lowest BCUT2D eigenvalue weighted by Crippen LogP contribution is -2.48. The summed E-state index contributed by atoms with van der Waals surface area (Å²) in [6.07, 6.45) is 3.14. The second-order valence-corrected chi connectivity index (χ2v) is 9.31. The first kappa shape index (κ1) is 19.6. The molecule has 3 heterocycles. The van der Waals surface area contributed by atoms with E-state index in [2.05, 4.69) is 25.9 Å². The molecule has 29 heavy (non-hydrogen) atoms. The number of sulfonamides is 1. The SMILES string of the molecule is Cc1nc(S(=O)(=O)N2CCN(c3ccc4ncnc(N(C)C)c4c3)CC2)cn1C. The fraction of sp³-hybridized carbons (Fsp3) is 0.421. The molecule has 0 spiro atoms. The Bertz CT molecular complexity index is 1130. The highest BCUT2D eigenvalue weighted by atomic mass is 32.2. The number of piperazine rings is 1. The molecule has 3 aromatic rings. The standard InChI is InChI=1S/C19H25N7O2S/c1-14-22-18(12-24(14)4)29(27,28)26-9-7-25(8-10-26)15-5-6-17-16(11-15)19(23(2)3)21-13-20-17/h5-6,11-13H,7-10H2,1-4H3. The highest BCUT2D eigenvalue weighted by molar-refractivity contribution is 7.89. The van der Waals surface area contributed by atoms with Gasteiger partial charge in [0.05, 0.1) is 5.52 Å². The first-order valence-corrected chi connectivity index (χ1v) is 10.9. The number of aromatic nitrogens is 4. The van der Waals surface area contributed by atoms with Crippen molar-refractivity contribution in [2.24, 2.45) is 7.05 Å². The van der Waals surface area contributed by atoms with Gasteiger partial charge in [0, 0.05) is 64.6 Å². The van der Waals surface area contributed by atoms with E-state index >= 15 is 0 Å². The molecule has 0 unspecified atom stereocenters. The monoisotopic (exact) mass is 415 g/mol. The number of nitrogens with zero attached hydrogens (tertiary/aromatic N) is 7. The normalized spacial score (nSPS) is 15.8. The third-order valence-corrected chi connectivity index (χ3v) is 7.09. The van der Waals surface area contributed by atoms with Gasteiger partial charge in [-0.15, -0.1) is 0 Å². The third kappa shape index (κ3) is 3.53. The molecule has 0 bridgehead atoms. The predicted octanol–water partition coefficient (Wildman–Crippen LogP) is 1.25. The second kappa shape index (κ2) is 7.27. The summed E-state index contributed by atoms with van der Waals surface area (Å²) in [5, 5.41) is 1.10. The molecule has 2 aromatic heterocycles. The van der Waals surface area contributed by atoms with Crippen LogP contribution in [0.3, 0.4) is 0 Å². The lowest BCUT2D eigenvalue weighted by molar-refractivity contribution is 0.383. The Morgan fingerprint density at radius 3 is 2.41 bits per heavy atom. The highest BCUT2D eigenvalue weighted by Crippen LogP contribution is 2.28. The van der Waals surface area contributed by atoms with E-state index < -0.39 is 10.0 Å². The van der Waals surface area contributed by atoms with Crippen molar-refractivity contribution in [2.45, 2.75) is 11.9 Å². The molecule has 0 atom stereocenters. The number of hydrogen-bond acceptors (Lipinski definition) is 7. The van der Waals surface area contributed by atoms with Gasteiger partial charge in [0.2, 0.25) is 0 Å². The predicted molar refractivity (Wildman–Crippen MR) is 113 cm³/mol. The van der Waals surface area contributed by atoms with Gasteiger partial charge in [-0.1, -0.05) is 0 Å². The van der Waals surface area contributed by atoms with Gasteiger partial charge in [-0.25, -0.2) is 23.4 Å². The van der Waals surface area contributed by atoms with Crippen molar-refractivity contribution < 1.29 is 8.42 Å². The number of fused-ring (bicyclic) bond motifs is 1. The van der Waals surface area contributed by atoms with Crippen molar-refractivity contribution >= 4 is 32.4 Å². The Kier molecular flexibility index (Phi) is 4.91.